The summed E-state index contributed by atoms with van der Waals surface area (Å²) in [7, 11) is 0. The highest BCUT2D eigenvalue weighted by atomic mass is 79.9. The average Bonchev–Trinajstić information content (AvgIpc) is 3.07. The fraction of sp³-hybridized carbons (Fsp3) is 0.0870. The Morgan fingerprint density at radius 3 is 2.41 bits per heavy atom. The minimum Gasteiger partial charge on any atom is -0.271 e. The van der Waals surface area contributed by atoms with Crippen LogP contribution in [0.5, 0.6) is 0 Å². The lowest BCUT2D eigenvalue weighted by molar-refractivity contribution is -0.118. The van der Waals surface area contributed by atoms with E-state index in [1.165, 1.54) is 11.2 Å². The topological polar surface area (TPSA) is 82.4 Å². The van der Waals surface area contributed by atoms with Crippen LogP contribution in [0.3, 0.4) is 0 Å². The Morgan fingerprint density at radius 2 is 1.69 bits per heavy atom. The molecular formula is C23H14BrClN4O3. The van der Waals surface area contributed by atoms with E-state index in [-0.39, 0.29) is 5.91 Å². The number of nitrogens with zero attached hydrogens (tertiary/aromatic N) is 4. The number of carbonyl (C=O) groups excluding carboxylic acids is 3. The van der Waals surface area contributed by atoms with Crippen molar-refractivity contribution in [2.75, 3.05) is 5.01 Å². The fourth-order valence-corrected chi connectivity index (χ4v) is 4.39. The monoisotopic (exact) mass is 508 g/mol. The van der Waals surface area contributed by atoms with Crippen molar-refractivity contribution < 1.29 is 14.4 Å². The van der Waals surface area contributed by atoms with Crippen molar-refractivity contribution in [3.05, 3.63) is 75.2 Å². The second-order valence-corrected chi connectivity index (χ2v) is 8.65. The third-order valence-corrected chi connectivity index (χ3v) is 6.36. The molecule has 2 aliphatic rings. The van der Waals surface area contributed by atoms with E-state index in [0.717, 1.165) is 14.9 Å². The highest BCUT2D eigenvalue weighted by molar-refractivity contribution is 9.10. The van der Waals surface area contributed by atoms with E-state index >= 15 is 0 Å². The molecule has 2 aliphatic heterocycles. The van der Waals surface area contributed by atoms with Crippen LogP contribution in [0.4, 0.5) is 5.69 Å². The smallest absolute Gasteiger partial charge is 0.271 e. The SMILES string of the molecule is CC1=NN(c2ccc(Cl)cc2)C(=O)[C@H]1/C=N\N1C(=O)c2cccc3c(Br)ccc(c23)C1=O. The largest absolute Gasteiger partial charge is 0.282 e. The van der Waals surface area contributed by atoms with Gasteiger partial charge in [-0.15, -0.1) is 0 Å². The van der Waals surface area contributed by atoms with Crippen LogP contribution in [-0.4, -0.2) is 34.7 Å². The number of anilines is 1. The zero-order valence-corrected chi connectivity index (χ0v) is 19.0. The molecule has 0 saturated heterocycles. The molecule has 0 N–H and O–H groups in total. The molecular weight excluding hydrogens is 496 g/mol. The summed E-state index contributed by atoms with van der Waals surface area (Å²) < 4.78 is 0.793. The molecule has 3 aromatic rings. The van der Waals surface area contributed by atoms with Gasteiger partial charge in [0.15, 0.2) is 0 Å². The maximum atomic E-state index is 13.0. The molecule has 3 aromatic carbocycles. The maximum Gasteiger partial charge on any atom is 0.282 e. The molecule has 158 valence electrons. The summed E-state index contributed by atoms with van der Waals surface area (Å²) >= 11 is 9.38. The third-order valence-electron chi connectivity index (χ3n) is 5.42. The summed E-state index contributed by atoms with van der Waals surface area (Å²) in [5.41, 5.74) is 1.81. The molecule has 0 saturated carbocycles. The van der Waals surface area contributed by atoms with Crippen molar-refractivity contribution in [2.24, 2.45) is 16.1 Å². The summed E-state index contributed by atoms with van der Waals surface area (Å²) in [6.45, 7) is 1.69. The van der Waals surface area contributed by atoms with Crippen LogP contribution < -0.4 is 5.01 Å². The molecule has 9 heteroatoms. The second kappa shape index (κ2) is 7.65. The van der Waals surface area contributed by atoms with Gasteiger partial charge in [-0.1, -0.05) is 39.7 Å². The van der Waals surface area contributed by atoms with Crippen molar-refractivity contribution in [2.45, 2.75) is 6.92 Å². The number of imide groups is 1. The van der Waals surface area contributed by atoms with Gasteiger partial charge in [0, 0.05) is 21.1 Å². The first kappa shape index (κ1) is 20.5. The first-order valence-corrected chi connectivity index (χ1v) is 10.8. The van der Waals surface area contributed by atoms with E-state index in [1.807, 2.05) is 6.07 Å². The van der Waals surface area contributed by atoms with E-state index in [4.69, 9.17) is 11.6 Å². The molecule has 7 nitrogen and oxygen atoms in total. The van der Waals surface area contributed by atoms with E-state index in [1.54, 1.807) is 55.5 Å². The molecule has 0 radical (unpaired) electrons. The quantitative estimate of drug-likeness (QED) is 0.373. The first-order chi connectivity index (χ1) is 15.4. The van der Waals surface area contributed by atoms with Crippen LogP contribution in [0.15, 0.2) is 69.3 Å². The summed E-state index contributed by atoms with van der Waals surface area (Å²) in [5.74, 6) is -2.22. The minimum absolute atomic E-state index is 0.336. The Bertz CT molecular complexity index is 1360. The lowest BCUT2D eigenvalue weighted by atomic mass is 9.95. The lowest BCUT2D eigenvalue weighted by Crippen LogP contribution is -2.37. The molecule has 32 heavy (non-hydrogen) atoms. The van der Waals surface area contributed by atoms with Gasteiger partial charge in [-0.3, -0.25) is 14.4 Å². The van der Waals surface area contributed by atoms with Crippen molar-refractivity contribution in [1.82, 2.24) is 5.01 Å². The molecule has 0 bridgehead atoms. The Kier molecular flexibility index (Phi) is 4.91. The van der Waals surface area contributed by atoms with Crippen molar-refractivity contribution in [3.63, 3.8) is 0 Å². The normalized spacial score (nSPS) is 18.3. The van der Waals surface area contributed by atoms with Gasteiger partial charge in [0.05, 0.1) is 22.5 Å². The van der Waals surface area contributed by atoms with Gasteiger partial charge in [-0.05, 0) is 54.8 Å². The van der Waals surface area contributed by atoms with Crippen LogP contribution >= 0.6 is 27.5 Å². The van der Waals surface area contributed by atoms with E-state index in [0.29, 0.717) is 32.9 Å². The first-order valence-electron chi connectivity index (χ1n) is 9.65. The van der Waals surface area contributed by atoms with E-state index in [9.17, 15) is 14.4 Å². The van der Waals surface area contributed by atoms with Crippen LogP contribution in [0.25, 0.3) is 10.8 Å². The number of amides is 3. The van der Waals surface area contributed by atoms with Gasteiger partial charge in [-0.25, -0.2) is 0 Å². The molecule has 0 fully saturated rings. The van der Waals surface area contributed by atoms with E-state index in [2.05, 4.69) is 26.1 Å². The fourth-order valence-electron chi connectivity index (χ4n) is 3.80. The van der Waals surface area contributed by atoms with Crippen LogP contribution in [0.1, 0.15) is 27.6 Å². The molecule has 1 atom stereocenters. The summed E-state index contributed by atoms with van der Waals surface area (Å²) in [6, 6.07) is 15.4. The standard InChI is InChI=1S/C23H14BrClN4O3/c1-12-18(23(32)28(27-12)14-7-5-13(25)6-8-14)11-26-29-21(30)16-4-2-3-15-19(24)10-9-17(20(15)16)22(29)31/h2-11,18H,1H3/b26-11-/t18-/m0/s1. The van der Waals surface area contributed by atoms with Gasteiger partial charge in [0.25, 0.3) is 17.7 Å². The molecule has 3 amide bonds. The highest BCUT2D eigenvalue weighted by Crippen LogP contribution is 2.34. The number of hydrazone groups is 2. The zero-order chi connectivity index (χ0) is 22.6. The van der Waals surface area contributed by atoms with Crippen molar-refractivity contribution in [3.8, 4) is 0 Å². The Labute approximate surface area is 196 Å². The number of hydrogen-bond donors (Lipinski definition) is 0. The molecule has 0 unspecified atom stereocenters. The number of hydrogen-bond acceptors (Lipinski definition) is 5. The summed E-state index contributed by atoms with van der Waals surface area (Å²) in [5, 5.41) is 12.4. The minimum atomic E-state index is -0.798. The van der Waals surface area contributed by atoms with Crippen LogP contribution in [0, 0.1) is 5.92 Å². The highest BCUT2D eigenvalue weighted by Gasteiger charge is 2.36. The maximum absolute atomic E-state index is 13.0. The van der Waals surface area contributed by atoms with Gasteiger partial charge in [-0.2, -0.15) is 20.2 Å². The summed E-state index contributed by atoms with van der Waals surface area (Å²) in [6.07, 6.45) is 1.29. The zero-order valence-electron chi connectivity index (χ0n) is 16.6. The van der Waals surface area contributed by atoms with Crippen LogP contribution in [0.2, 0.25) is 5.02 Å². The Hall–Kier alpha value is -3.36. The van der Waals surface area contributed by atoms with Crippen molar-refractivity contribution in [1.29, 1.82) is 0 Å². The number of rotatable bonds is 3. The average molecular weight is 510 g/mol. The second-order valence-electron chi connectivity index (χ2n) is 7.36. The Morgan fingerprint density at radius 1 is 1.00 bits per heavy atom. The lowest BCUT2D eigenvalue weighted by Gasteiger charge is -2.23. The Balaban J connectivity index is 1.46. The number of benzene rings is 3. The predicted octanol–water partition coefficient (Wildman–Crippen LogP) is 4.88. The number of halogens is 2. The van der Waals surface area contributed by atoms with Gasteiger partial charge >= 0.3 is 0 Å². The van der Waals surface area contributed by atoms with Gasteiger partial charge < -0.3 is 0 Å². The van der Waals surface area contributed by atoms with Gasteiger partial charge in [0.1, 0.15) is 5.92 Å². The van der Waals surface area contributed by atoms with E-state index < -0.39 is 17.7 Å². The molecule has 2 heterocycles. The van der Waals surface area contributed by atoms with Crippen molar-refractivity contribution >= 4 is 73.6 Å². The molecule has 5 rings (SSSR count). The van der Waals surface area contributed by atoms with Gasteiger partial charge in [0.2, 0.25) is 0 Å². The third kappa shape index (κ3) is 3.14. The molecule has 0 aliphatic carbocycles. The van der Waals surface area contributed by atoms with Crippen LogP contribution in [-0.2, 0) is 4.79 Å². The molecule has 0 aromatic heterocycles. The number of carbonyl (C=O) groups is 3. The predicted molar refractivity (Wildman–Crippen MR) is 126 cm³/mol. The molecule has 0 spiro atoms. The summed E-state index contributed by atoms with van der Waals surface area (Å²) in [4.78, 5) is 39.0.